The molecule has 0 radical (unpaired) electrons. The number of ether oxygens (including phenoxy) is 2. The molecule has 0 spiro atoms. The molecule has 0 saturated carbocycles. The van der Waals surface area contributed by atoms with Gasteiger partial charge in [-0.1, -0.05) is 6.07 Å². The van der Waals surface area contributed by atoms with Crippen LogP contribution in [0.15, 0.2) is 30.3 Å². The van der Waals surface area contributed by atoms with Crippen LogP contribution in [0.3, 0.4) is 0 Å². The lowest BCUT2D eigenvalue weighted by molar-refractivity contribution is 0.0937. The van der Waals surface area contributed by atoms with Crippen molar-refractivity contribution in [3.63, 3.8) is 0 Å². The molecular weight excluding hydrogens is 358 g/mol. The maximum Gasteiger partial charge on any atom is 0.271 e. The smallest absolute Gasteiger partial charge is 0.271 e. The third-order valence-electron chi connectivity index (χ3n) is 4.84. The Balaban J connectivity index is 1.31. The van der Waals surface area contributed by atoms with Crippen LogP contribution in [0.2, 0.25) is 0 Å². The number of carbonyl (C=O) groups is 1. The summed E-state index contributed by atoms with van der Waals surface area (Å²) in [6.07, 6.45) is 0. The summed E-state index contributed by atoms with van der Waals surface area (Å²) in [7, 11) is 0. The molecule has 2 aliphatic heterocycles. The van der Waals surface area contributed by atoms with Crippen LogP contribution in [0.1, 0.15) is 29.9 Å². The lowest BCUT2D eigenvalue weighted by Crippen LogP contribution is -2.46. The van der Waals surface area contributed by atoms with E-state index in [-0.39, 0.29) is 11.9 Å². The van der Waals surface area contributed by atoms with E-state index >= 15 is 0 Å². The molecule has 8 nitrogen and oxygen atoms in total. The van der Waals surface area contributed by atoms with Gasteiger partial charge in [-0.25, -0.2) is 0 Å². The first kappa shape index (κ1) is 18.5. The fourth-order valence-corrected chi connectivity index (χ4v) is 3.38. The minimum atomic E-state index is -0.192. The number of hydrogen-bond donors (Lipinski definition) is 1. The van der Waals surface area contributed by atoms with E-state index in [0.717, 1.165) is 50.0 Å². The molecule has 1 aromatic carbocycles. The number of aromatic nitrogens is 2. The van der Waals surface area contributed by atoms with Gasteiger partial charge in [-0.3, -0.25) is 9.69 Å². The Kier molecular flexibility index (Phi) is 5.29. The summed E-state index contributed by atoms with van der Waals surface area (Å²) in [5, 5.41) is 11.2. The summed E-state index contributed by atoms with van der Waals surface area (Å²) < 4.78 is 10.8. The van der Waals surface area contributed by atoms with E-state index in [4.69, 9.17) is 9.47 Å². The van der Waals surface area contributed by atoms with Crippen molar-refractivity contribution in [1.29, 1.82) is 0 Å². The Morgan fingerprint density at radius 3 is 2.57 bits per heavy atom. The highest BCUT2D eigenvalue weighted by atomic mass is 16.7. The summed E-state index contributed by atoms with van der Waals surface area (Å²) in [6.45, 7) is 8.64. The largest absolute Gasteiger partial charge is 0.454 e. The van der Waals surface area contributed by atoms with Crippen molar-refractivity contribution in [2.75, 3.05) is 37.9 Å². The van der Waals surface area contributed by atoms with Gasteiger partial charge in [-0.15, -0.1) is 10.2 Å². The van der Waals surface area contributed by atoms with Crippen LogP contribution in [-0.4, -0.2) is 60.0 Å². The molecule has 1 saturated heterocycles. The van der Waals surface area contributed by atoms with Crippen molar-refractivity contribution < 1.29 is 14.3 Å². The number of hydrogen-bond acceptors (Lipinski definition) is 7. The zero-order chi connectivity index (χ0) is 19.5. The average Bonchev–Trinajstić information content (AvgIpc) is 3.16. The summed E-state index contributed by atoms with van der Waals surface area (Å²) in [5.74, 6) is 2.26. The molecule has 0 bridgehead atoms. The number of nitrogens with zero attached hydrogens (tertiary/aromatic N) is 4. The maximum atomic E-state index is 12.0. The summed E-state index contributed by atoms with van der Waals surface area (Å²) >= 11 is 0. The fraction of sp³-hybridized carbons (Fsp3) is 0.450. The van der Waals surface area contributed by atoms with E-state index < -0.39 is 0 Å². The number of rotatable bonds is 5. The monoisotopic (exact) mass is 383 g/mol. The Hall–Kier alpha value is -2.87. The van der Waals surface area contributed by atoms with E-state index in [1.54, 1.807) is 6.07 Å². The highest BCUT2D eigenvalue weighted by molar-refractivity contribution is 5.92. The highest BCUT2D eigenvalue weighted by Gasteiger charge is 2.20. The number of nitrogens with one attached hydrogen (secondary N) is 1. The number of amides is 1. The lowest BCUT2D eigenvalue weighted by Gasteiger charge is -2.35. The molecule has 1 aromatic heterocycles. The molecule has 28 heavy (non-hydrogen) atoms. The van der Waals surface area contributed by atoms with Crippen LogP contribution in [0.25, 0.3) is 0 Å². The van der Waals surface area contributed by atoms with Crippen molar-refractivity contribution in [3.05, 3.63) is 41.6 Å². The van der Waals surface area contributed by atoms with Crippen molar-refractivity contribution in [2.45, 2.75) is 26.4 Å². The van der Waals surface area contributed by atoms with E-state index in [1.807, 2.05) is 26.0 Å². The van der Waals surface area contributed by atoms with Gasteiger partial charge in [0, 0.05) is 38.8 Å². The van der Waals surface area contributed by atoms with E-state index in [2.05, 4.69) is 37.4 Å². The first-order valence-corrected chi connectivity index (χ1v) is 9.59. The highest BCUT2D eigenvalue weighted by Crippen LogP contribution is 2.32. The average molecular weight is 383 g/mol. The van der Waals surface area contributed by atoms with Gasteiger partial charge in [-0.2, -0.15) is 0 Å². The van der Waals surface area contributed by atoms with Crippen molar-refractivity contribution >= 4 is 11.7 Å². The molecule has 148 valence electrons. The van der Waals surface area contributed by atoms with Crippen LogP contribution in [0.5, 0.6) is 11.5 Å². The Morgan fingerprint density at radius 1 is 1.07 bits per heavy atom. The molecule has 2 aliphatic rings. The molecule has 3 heterocycles. The van der Waals surface area contributed by atoms with Gasteiger partial charge >= 0.3 is 0 Å². The molecule has 2 aromatic rings. The Bertz CT molecular complexity index is 832. The number of anilines is 1. The molecule has 0 atom stereocenters. The molecule has 4 rings (SSSR count). The molecular formula is C20H25N5O3. The second-order valence-electron chi connectivity index (χ2n) is 7.36. The zero-order valence-electron chi connectivity index (χ0n) is 16.2. The topological polar surface area (TPSA) is 79.8 Å². The minimum Gasteiger partial charge on any atom is -0.454 e. The number of fused-ring (bicyclic) bond motifs is 1. The standard InChI is InChI=1S/C20H25N5O3/c1-14(2)21-20(26)16-4-6-19(23-22-16)25-9-7-24(8-10-25)12-15-3-5-17-18(11-15)28-13-27-17/h3-6,11,14H,7-10,12-13H2,1-2H3,(H,21,26). The molecule has 8 heteroatoms. The molecule has 0 unspecified atom stereocenters. The maximum absolute atomic E-state index is 12.0. The Labute approximate surface area is 164 Å². The van der Waals surface area contributed by atoms with Crippen LogP contribution < -0.4 is 19.7 Å². The van der Waals surface area contributed by atoms with Crippen LogP contribution in [0.4, 0.5) is 5.82 Å². The second-order valence-corrected chi connectivity index (χ2v) is 7.36. The molecule has 0 aliphatic carbocycles. The number of piperazine rings is 1. The third kappa shape index (κ3) is 4.17. The van der Waals surface area contributed by atoms with Crippen LogP contribution >= 0.6 is 0 Å². The lowest BCUT2D eigenvalue weighted by atomic mass is 10.1. The van der Waals surface area contributed by atoms with Crippen molar-refractivity contribution in [1.82, 2.24) is 20.4 Å². The van der Waals surface area contributed by atoms with Gasteiger partial charge in [-0.05, 0) is 43.7 Å². The third-order valence-corrected chi connectivity index (χ3v) is 4.84. The van der Waals surface area contributed by atoms with Gasteiger partial charge in [0.15, 0.2) is 23.0 Å². The van der Waals surface area contributed by atoms with Crippen LogP contribution in [0, 0.1) is 0 Å². The van der Waals surface area contributed by atoms with Crippen LogP contribution in [-0.2, 0) is 6.54 Å². The van der Waals surface area contributed by atoms with E-state index in [1.165, 1.54) is 5.56 Å². The first-order chi connectivity index (χ1) is 13.6. The molecule has 1 amide bonds. The van der Waals surface area contributed by atoms with Gasteiger partial charge < -0.3 is 19.7 Å². The number of carbonyl (C=O) groups excluding carboxylic acids is 1. The molecule has 1 fully saturated rings. The van der Waals surface area contributed by atoms with Crippen molar-refractivity contribution in [2.24, 2.45) is 0 Å². The SMILES string of the molecule is CC(C)NC(=O)c1ccc(N2CCN(Cc3ccc4c(c3)OCO4)CC2)nn1. The predicted octanol–water partition coefficient (Wildman–Crippen LogP) is 1.67. The Morgan fingerprint density at radius 2 is 1.86 bits per heavy atom. The van der Waals surface area contributed by atoms with Gasteiger partial charge in [0.1, 0.15) is 0 Å². The molecule has 1 N–H and O–H groups in total. The normalized spacial score (nSPS) is 16.5. The minimum absolute atomic E-state index is 0.0758. The summed E-state index contributed by atoms with van der Waals surface area (Å²) in [5.41, 5.74) is 1.57. The first-order valence-electron chi connectivity index (χ1n) is 9.59. The van der Waals surface area contributed by atoms with E-state index in [0.29, 0.717) is 12.5 Å². The summed E-state index contributed by atoms with van der Waals surface area (Å²) in [6, 6.07) is 9.80. The zero-order valence-corrected chi connectivity index (χ0v) is 16.2. The fourth-order valence-electron chi connectivity index (χ4n) is 3.38. The van der Waals surface area contributed by atoms with Gasteiger partial charge in [0.2, 0.25) is 6.79 Å². The van der Waals surface area contributed by atoms with Crippen molar-refractivity contribution in [3.8, 4) is 11.5 Å². The quantitative estimate of drug-likeness (QED) is 0.841. The van der Waals surface area contributed by atoms with Gasteiger partial charge in [0.25, 0.3) is 5.91 Å². The predicted molar refractivity (Wildman–Crippen MR) is 105 cm³/mol. The second kappa shape index (κ2) is 8.02. The summed E-state index contributed by atoms with van der Waals surface area (Å²) in [4.78, 5) is 16.6. The number of benzene rings is 1. The van der Waals surface area contributed by atoms with Gasteiger partial charge in [0.05, 0.1) is 0 Å². The van der Waals surface area contributed by atoms with E-state index in [9.17, 15) is 4.79 Å².